The van der Waals surface area contributed by atoms with Crippen molar-refractivity contribution in [1.29, 1.82) is 0 Å². The number of ether oxygens (including phenoxy) is 2. The first-order valence-electron chi connectivity index (χ1n) is 6.56. The second-order valence-corrected chi connectivity index (χ2v) is 4.61. The van der Waals surface area contributed by atoms with Crippen LogP contribution in [0, 0.1) is 0 Å². The minimum Gasteiger partial charge on any atom is -0.454 e. The fraction of sp³-hybridized carbons (Fsp3) is 0.231. The summed E-state index contributed by atoms with van der Waals surface area (Å²) in [5.74, 6) is 2.34. The van der Waals surface area contributed by atoms with Crippen molar-refractivity contribution in [2.45, 2.75) is 6.42 Å². The maximum absolute atomic E-state index is 5.36. The van der Waals surface area contributed by atoms with Crippen molar-refractivity contribution < 1.29 is 9.47 Å². The predicted molar refractivity (Wildman–Crippen MR) is 73.3 cm³/mol. The minimum absolute atomic E-state index is 0.299. The highest BCUT2D eigenvalue weighted by Crippen LogP contribution is 2.32. The zero-order valence-corrected chi connectivity index (χ0v) is 11.1. The van der Waals surface area contributed by atoms with E-state index in [1.807, 2.05) is 30.3 Å². The summed E-state index contributed by atoms with van der Waals surface area (Å²) in [6, 6.07) is 9.64. The molecule has 0 atom stereocenters. The first-order valence-corrected chi connectivity index (χ1v) is 6.56. The number of hydrogen-bond donors (Lipinski definition) is 1. The average molecular weight is 284 g/mol. The lowest BCUT2D eigenvalue weighted by atomic mass is 10.1. The van der Waals surface area contributed by atoms with E-state index in [0.29, 0.717) is 12.4 Å². The quantitative estimate of drug-likeness (QED) is 0.761. The van der Waals surface area contributed by atoms with Crippen LogP contribution in [-0.4, -0.2) is 38.6 Å². The molecule has 0 fully saturated rings. The van der Waals surface area contributed by atoms with Crippen LogP contribution in [0.15, 0.2) is 30.3 Å². The summed E-state index contributed by atoms with van der Waals surface area (Å²) >= 11 is 0. The maximum Gasteiger partial charge on any atom is 0.231 e. The molecule has 0 unspecified atom stereocenters. The van der Waals surface area contributed by atoms with Gasteiger partial charge in [0.1, 0.15) is 5.82 Å². The number of rotatable bonds is 4. The van der Waals surface area contributed by atoms with Crippen molar-refractivity contribution >= 4 is 11.5 Å². The van der Waals surface area contributed by atoms with Crippen LogP contribution in [0.2, 0.25) is 0 Å². The van der Waals surface area contributed by atoms with Gasteiger partial charge in [-0.1, -0.05) is 6.07 Å². The highest BCUT2D eigenvalue weighted by atomic mass is 16.7. The summed E-state index contributed by atoms with van der Waals surface area (Å²) in [6.45, 7) is 1.05. The van der Waals surface area contributed by atoms with Crippen LogP contribution in [0.5, 0.6) is 11.5 Å². The van der Waals surface area contributed by atoms with Crippen LogP contribution in [0.25, 0.3) is 5.65 Å². The van der Waals surface area contributed by atoms with Gasteiger partial charge in [-0.2, -0.15) is 0 Å². The van der Waals surface area contributed by atoms with E-state index < -0.39 is 0 Å². The van der Waals surface area contributed by atoms with Gasteiger partial charge in [-0.25, -0.2) is 0 Å². The molecule has 8 heteroatoms. The number of tetrazole rings is 1. The number of hydrogen-bond acceptors (Lipinski definition) is 7. The molecule has 0 saturated heterocycles. The van der Waals surface area contributed by atoms with E-state index in [2.05, 4.69) is 25.9 Å². The first kappa shape index (κ1) is 11.9. The second-order valence-electron chi connectivity index (χ2n) is 4.61. The zero-order chi connectivity index (χ0) is 14.1. The molecule has 2 aromatic heterocycles. The van der Waals surface area contributed by atoms with E-state index in [-0.39, 0.29) is 0 Å². The van der Waals surface area contributed by atoms with Gasteiger partial charge in [0.05, 0.1) is 0 Å². The summed E-state index contributed by atoms with van der Waals surface area (Å²) in [6.07, 6.45) is 0.853. The zero-order valence-electron chi connectivity index (χ0n) is 11.1. The first-order chi connectivity index (χ1) is 10.4. The van der Waals surface area contributed by atoms with Gasteiger partial charge in [-0.15, -0.1) is 14.8 Å². The number of aromatic nitrogens is 5. The topological polar surface area (TPSA) is 86.5 Å². The van der Waals surface area contributed by atoms with Crippen molar-refractivity contribution in [1.82, 2.24) is 25.3 Å². The molecule has 3 heterocycles. The van der Waals surface area contributed by atoms with E-state index >= 15 is 0 Å². The molecule has 1 aliphatic heterocycles. The number of nitrogens with zero attached hydrogens (tertiary/aromatic N) is 5. The lowest BCUT2D eigenvalue weighted by Gasteiger charge is -2.06. The monoisotopic (exact) mass is 284 g/mol. The molecule has 0 aliphatic carbocycles. The van der Waals surface area contributed by atoms with Gasteiger partial charge in [-0.05, 0) is 46.7 Å². The third-order valence-corrected chi connectivity index (χ3v) is 3.23. The van der Waals surface area contributed by atoms with Crippen LogP contribution in [-0.2, 0) is 6.42 Å². The lowest BCUT2D eigenvalue weighted by Crippen LogP contribution is -2.08. The van der Waals surface area contributed by atoms with E-state index in [0.717, 1.165) is 30.3 Å². The van der Waals surface area contributed by atoms with Crippen LogP contribution in [0.3, 0.4) is 0 Å². The summed E-state index contributed by atoms with van der Waals surface area (Å²) in [5, 5.41) is 18.6. The molecule has 4 rings (SSSR count). The summed E-state index contributed by atoms with van der Waals surface area (Å²) in [7, 11) is 0. The molecule has 106 valence electrons. The fourth-order valence-corrected chi connectivity index (χ4v) is 2.18. The summed E-state index contributed by atoms with van der Waals surface area (Å²) in [4.78, 5) is 0. The molecule has 1 aromatic carbocycles. The highest BCUT2D eigenvalue weighted by molar-refractivity contribution is 5.45. The Morgan fingerprint density at radius 3 is 3.10 bits per heavy atom. The molecule has 8 nitrogen and oxygen atoms in total. The molecule has 1 N–H and O–H groups in total. The lowest BCUT2D eigenvalue weighted by molar-refractivity contribution is 0.174. The Balaban J connectivity index is 1.40. The molecule has 0 bridgehead atoms. The molecule has 0 radical (unpaired) electrons. The number of benzene rings is 1. The van der Waals surface area contributed by atoms with Gasteiger partial charge in [0, 0.05) is 6.54 Å². The van der Waals surface area contributed by atoms with Crippen molar-refractivity contribution in [3.05, 3.63) is 35.9 Å². The van der Waals surface area contributed by atoms with Gasteiger partial charge >= 0.3 is 0 Å². The number of anilines is 1. The van der Waals surface area contributed by atoms with Crippen molar-refractivity contribution in [2.24, 2.45) is 0 Å². The summed E-state index contributed by atoms with van der Waals surface area (Å²) in [5.41, 5.74) is 1.80. The molecule has 1 aliphatic rings. The maximum atomic E-state index is 5.36. The molecular weight excluding hydrogens is 272 g/mol. The van der Waals surface area contributed by atoms with Crippen molar-refractivity contribution in [3.63, 3.8) is 0 Å². The normalized spacial score (nSPS) is 12.8. The third-order valence-electron chi connectivity index (χ3n) is 3.23. The Morgan fingerprint density at radius 1 is 1.14 bits per heavy atom. The Morgan fingerprint density at radius 2 is 2.10 bits per heavy atom. The van der Waals surface area contributed by atoms with E-state index in [9.17, 15) is 0 Å². The predicted octanol–water partition coefficient (Wildman–Crippen LogP) is 0.903. The highest BCUT2D eigenvalue weighted by Gasteiger charge is 2.12. The standard InChI is InChI=1S/C13H12N6O2/c1-2-10-11(21-8-20-10)7-9(1)5-6-14-12-3-4-13-15-17-18-19(13)16-12/h1-4,7H,5-6,8H2,(H,14,16). The average Bonchev–Trinajstić information content (AvgIpc) is 3.14. The SMILES string of the molecule is c1cc2c(cc1CCNc1ccc3nnnn3n1)OCO2. The number of fused-ring (bicyclic) bond motifs is 2. The van der Waals surface area contributed by atoms with Crippen LogP contribution < -0.4 is 14.8 Å². The van der Waals surface area contributed by atoms with Gasteiger partial charge in [0.2, 0.25) is 6.79 Å². The summed E-state index contributed by atoms with van der Waals surface area (Å²) < 4.78 is 12.0. The third kappa shape index (κ3) is 2.31. The Hall–Kier alpha value is -2.90. The van der Waals surface area contributed by atoms with Crippen LogP contribution >= 0.6 is 0 Å². The van der Waals surface area contributed by atoms with Crippen LogP contribution in [0.1, 0.15) is 5.56 Å². The van der Waals surface area contributed by atoms with Crippen molar-refractivity contribution in [3.8, 4) is 11.5 Å². The number of nitrogens with one attached hydrogen (secondary N) is 1. The van der Waals surface area contributed by atoms with Gasteiger partial charge < -0.3 is 14.8 Å². The molecule has 0 amide bonds. The van der Waals surface area contributed by atoms with E-state index in [1.165, 1.54) is 10.2 Å². The molecule has 0 saturated carbocycles. The molecule has 0 spiro atoms. The van der Waals surface area contributed by atoms with Gasteiger partial charge in [0.15, 0.2) is 17.1 Å². The Labute approximate surface area is 119 Å². The minimum atomic E-state index is 0.299. The smallest absolute Gasteiger partial charge is 0.231 e. The van der Waals surface area contributed by atoms with E-state index in [1.54, 1.807) is 0 Å². The van der Waals surface area contributed by atoms with Crippen LogP contribution in [0.4, 0.5) is 5.82 Å². The largest absolute Gasteiger partial charge is 0.454 e. The van der Waals surface area contributed by atoms with E-state index in [4.69, 9.17) is 9.47 Å². The Kier molecular flexibility index (Phi) is 2.77. The fourth-order valence-electron chi connectivity index (χ4n) is 2.18. The van der Waals surface area contributed by atoms with Crippen molar-refractivity contribution in [2.75, 3.05) is 18.7 Å². The molecule has 3 aromatic rings. The molecular formula is C13H12N6O2. The second kappa shape index (κ2) is 4.89. The van der Waals surface area contributed by atoms with Gasteiger partial charge in [0.25, 0.3) is 0 Å². The molecule has 21 heavy (non-hydrogen) atoms. The Bertz CT molecular complexity index is 787. The van der Waals surface area contributed by atoms with Gasteiger partial charge in [-0.3, -0.25) is 0 Å².